The SMILES string of the molecule is CC(C(=O)NCCC(=O)N1CCOCC1)=C1CNC1. The first-order valence-corrected chi connectivity index (χ1v) is 6.71. The van der Waals surface area contributed by atoms with Crippen molar-refractivity contribution in [1.29, 1.82) is 0 Å². The molecule has 0 bridgehead atoms. The summed E-state index contributed by atoms with van der Waals surface area (Å²) >= 11 is 0. The van der Waals surface area contributed by atoms with E-state index in [9.17, 15) is 9.59 Å². The van der Waals surface area contributed by atoms with E-state index in [4.69, 9.17) is 4.74 Å². The topological polar surface area (TPSA) is 70.7 Å². The number of hydrogen-bond acceptors (Lipinski definition) is 4. The van der Waals surface area contributed by atoms with Crippen LogP contribution in [0.2, 0.25) is 0 Å². The highest BCUT2D eigenvalue weighted by Crippen LogP contribution is 2.08. The molecule has 2 saturated heterocycles. The van der Waals surface area contributed by atoms with Gasteiger partial charge in [0.25, 0.3) is 0 Å². The molecule has 2 amide bonds. The van der Waals surface area contributed by atoms with Crippen LogP contribution in [0.1, 0.15) is 13.3 Å². The molecule has 2 aliphatic rings. The first-order chi connectivity index (χ1) is 9.18. The third-order valence-electron chi connectivity index (χ3n) is 3.54. The van der Waals surface area contributed by atoms with Crippen molar-refractivity contribution in [3.8, 4) is 0 Å². The van der Waals surface area contributed by atoms with E-state index in [-0.39, 0.29) is 11.8 Å². The zero-order valence-corrected chi connectivity index (χ0v) is 11.3. The maximum atomic E-state index is 11.8. The smallest absolute Gasteiger partial charge is 0.246 e. The third kappa shape index (κ3) is 3.78. The maximum absolute atomic E-state index is 11.8. The summed E-state index contributed by atoms with van der Waals surface area (Å²) in [6.07, 6.45) is 0.354. The molecular formula is C13H21N3O3. The fourth-order valence-electron chi connectivity index (χ4n) is 2.06. The zero-order valence-electron chi connectivity index (χ0n) is 11.3. The Morgan fingerprint density at radius 2 is 2.00 bits per heavy atom. The van der Waals surface area contributed by atoms with Crippen molar-refractivity contribution in [3.05, 3.63) is 11.1 Å². The van der Waals surface area contributed by atoms with Crippen molar-refractivity contribution in [1.82, 2.24) is 15.5 Å². The molecular weight excluding hydrogens is 246 g/mol. The van der Waals surface area contributed by atoms with Gasteiger partial charge in [0.2, 0.25) is 11.8 Å². The van der Waals surface area contributed by atoms with E-state index in [0.717, 1.165) is 24.2 Å². The second-order valence-electron chi connectivity index (χ2n) is 4.83. The highest BCUT2D eigenvalue weighted by Gasteiger charge is 2.18. The molecule has 2 aliphatic heterocycles. The molecule has 0 aliphatic carbocycles. The molecule has 0 spiro atoms. The van der Waals surface area contributed by atoms with Gasteiger partial charge >= 0.3 is 0 Å². The molecule has 0 aromatic carbocycles. The van der Waals surface area contributed by atoms with Crippen LogP contribution in [0.25, 0.3) is 0 Å². The Kier molecular flexibility index (Phi) is 4.93. The number of ether oxygens (including phenoxy) is 1. The van der Waals surface area contributed by atoms with Crippen LogP contribution >= 0.6 is 0 Å². The number of morpholine rings is 1. The molecule has 6 nitrogen and oxygen atoms in total. The number of nitrogens with zero attached hydrogens (tertiary/aromatic N) is 1. The number of amides is 2. The Morgan fingerprint density at radius 3 is 2.58 bits per heavy atom. The van der Waals surface area contributed by atoms with Crippen LogP contribution in [0.5, 0.6) is 0 Å². The van der Waals surface area contributed by atoms with Gasteiger partial charge in [-0.25, -0.2) is 0 Å². The van der Waals surface area contributed by atoms with Crippen molar-refractivity contribution >= 4 is 11.8 Å². The average molecular weight is 267 g/mol. The lowest BCUT2D eigenvalue weighted by molar-refractivity contribution is -0.135. The molecule has 0 aromatic rings. The molecule has 19 heavy (non-hydrogen) atoms. The Hall–Kier alpha value is -1.40. The van der Waals surface area contributed by atoms with E-state index in [1.165, 1.54) is 0 Å². The summed E-state index contributed by atoms with van der Waals surface area (Å²) in [5, 5.41) is 5.90. The predicted molar refractivity (Wildman–Crippen MR) is 70.6 cm³/mol. The van der Waals surface area contributed by atoms with Gasteiger partial charge in [0, 0.05) is 44.7 Å². The third-order valence-corrected chi connectivity index (χ3v) is 3.54. The second kappa shape index (κ2) is 6.68. The molecule has 0 saturated carbocycles. The summed E-state index contributed by atoms with van der Waals surface area (Å²) in [4.78, 5) is 25.4. The first-order valence-electron chi connectivity index (χ1n) is 6.71. The Bertz CT molecular complexity index is 381. The molecule has 2 N–H and O–H groups in total. The van der Waals surface area contributed by atoms with Gasteiger partial charge in [-0.2, -0.15) is 0 Å². The summed E-state index contributed by atoms with van der Waals surface area (Å²) < 4.78 is 5.19. The van der Waals surface area contributed by atoms with Gasteiger partial charge in [0.05, 0.1) is 13.2 Å². The Labute approximate surface area is 113 Å². The van der Waals surface area contributed by atoms with E-state index < -0.39 is 0 Å². The summed E-state index contributed by atoms with van der Waals surface area (Å²) in [5.41, 5.74) is 1.93. The van der Waals surface area contributed by atoms with E-state index >= 15 is 0 Å². The van der Waals surface area contributed by atoms with Crippen molar-refractivity contribution in [2.24, 2.45) is 0 Å². The van der Waals surface area contributed by atoms with Gasteiger partial charge in [-0.1, -0.05) is 0 Å². The number of carbonyl (C=O) groups excluding carboxylic acids is 2. The maximum Gasteiger partial charge on any atom is 0.246 e. The fourth-order valence-corrected chi connectivity index (χ4v) is 2.06. The van der Waals surface area contributed by atoms with Crippen molar-refractivity contribution in [3.63, 3.8) is 0 Å². The number of rotatable bonds is 4. The minimum absolute atomic E-state index is 0.0636. The average Bonchev–Trinajstić information content (AvgIpc) is 2.37. The van der Waals surface area contributed by atoms with E-state index in [1.54, 1.807) is 4.90 Å². The number of carbonyl (C=O) groups is 2. The first kappa shape index (κ1) is 14.0. The molecule has 0 atom stereocenters. The Balaban J connectivity index is 1.68. The van der Waals surface area contributed by atoms with Crippen LogP contribution in [0, 0.1) is 0 Å². The van der Waals surface area contributed by atoms with E-state index in [1.807, 2.05) is 6.92 Å². The summed E-state index contributed by atoms with van der Waals surface area (Å²) in [5.74, 6) is 0.0190. The van der Waals surface area contributed by atoms with E-state index in [0.29, 0.717) is 39.3 Å². The number of hydrogen-bond donors (Lipinski definition) is 2. The summed E-state index contributed by atoms with van der Waals surface area (Å²) in [6, 6.07) is 0. The molecule has 106 valence electrons. The van der Waals surface area contributed by atoms with Gasteiger partial charge in [0.1, 0.15) is 0 Å². The van der Waals surface area contributed by atoms with Gasteiger partial charge in [0.15, 0.2) is 0 Å². The van der Waals surface area contributed by atoms with Crippen LogP contribution in [-0.4, -0.2) is 62.7 Å². The van der Waals surface area contributed by atoms with Gasteiger partial charge in [-0.05, 0) is 12.5 Å². The molecule has 2 heterocycles. The molecule has 6 heteroatoms. The second-order valence-corrected chi connectivity index (χ2v) is 4.83. The molecule has 2 fully saturated rings. The number of nitrogens with one attached hydrogen (secondary N) is 2. The largest absolute Gasteiger partial charge is 0.378 e. The minimum atomic E-state index is -0.0636. The normalized spacial score (nSPS) is 18.8. The summed E-state index contributed by atoms with van der Waals surface area (Å²) in [6.45, 7) is 6.34. The minimum Gasteiger partial charge on any atom is -0.378 e. The van der Waals surface area contributed by atoms with Crippen LogP contribution in [0.4, 0.5) is 0 Å². The predicted octanol–water partition coefficient (Wildman–Crippen LogP) is -0.729. The van der Waals surface area contributed by atoms with Crippen molar-refractivity contribution < 1.29 is 14.3 Å². The quantitative estimate of drug-likeness (QED) is 0.659. The monoisotopic (exact) mass is 267 g/mol. The molecule has 0 unspecified atom stereocenters. The lowest BCUT2D eigenvalue weighted by Crippen LogP contribution is -2.42. The fraction of sp³-hybridized carbons (Fsp3) is 0.692. The Morgan fingerprint density at radius 1 is 1.32 bits per heavy atom. The lowest BCUT2D eigenvalue weighted by Gasteiger charge is -2.27. The van der Waals surface area contributed by atoms with E-state index in [2.05, 4.69) is 10.6 Å². The molecule has 0 aromatic heterocycles. The van der Waals surface area contributed by atoms with Crippen LogP contribution in [0.15, 0.2) is 11.1 Å². The highest BCUT2D eigenvalue weighted by molar-refractivity contribution is 5.94. The van der Waals surface area contributed by atoms with Gasteiger partial charge in [-0.3, -0.25) is 9.59 Å². The van der Waals surface area contributed by atoms with Crippen LogP contribution < -0.4 is 10.6 Å². The van der Waals surface area contributed by atoms with Gasteiger partial charge in [-0.15, -0.1) is 0 Å². The lowest BCUT2D eigenvalue weighted by atomic mass is 10.0. The molecule has 2 rings (SSSR count). The van der Waals surface area contributed by atoms with Crippen molar-refractivity contribution in [2.45, 2.75) is 13.3 Å². The summed E-state index contributed by atoms with van der Waals surface area (Å²) in [7, 11) is 0. The van der Waals surface area contributed by atoms with Crippen molar-refractivity contribution in [2.75, 3.05) is 45.9 Å². The van der Waals surface area contributed by atoms with Crippen LogP contribution in [0.3, 0.4) is 0 Å². The zero-order chi connectivity index (χ0) is 13.7. The standard InChI is InChI=1S/C13H21N3O3/c1-10(11-8-14-9-11)13(18)15-3-2-12(17)16-4-6-19-7-5-16/h14H,2-9H2,1H3,(H,15,18). The molecule has 0 radical (unpaired) electrons. The highest BCUT2D eigenvalue weighted by atomic mass is 16.5. The van der Waals surface area contributed by atoms with Gasteiger partial charge < -0.3 is 20.3 Å². The van der Waals surface area contributed by atoms with Crippen LogP contribution in [-0.2, 0) is 14.3 Å².